The number of rotatable bonds is 12. The van der Waals surface area contributed by atoms with Crippen LogP contribution in [0.1, 0.15) is 71.6 Å². The van der Waals surface area contributed by atoms with Gasteiger partial charge in [0.15, 0.2) is 35.6 Å². The number of halogens is 2. The van der Waals surface area contributed by atoms with Crippen LogP contribution in [0.25, 0.3) is 0 Å². The van der Waals surface area contributed by atoms with Gasteiger partial charge in [-0.2, -0.15) is 0 Å². The van der Waals surface area contributed by atoms with Gasteiger partial charge in [-0.05, 0) is 95.8 Å². The van der Waals surface area contributed by atoms with E-state index in [1.807, 2.05) is 0 Å². The van der Waals surface area contributed by atoms with Crippen LogP contribution >= 0.6 is 23.2 Å². The molecule has 0 saturated heterocycles. The molecule has 0 saturated carbocycles. The summed E-state index contributed by atoms with van der Waals surface area (Å²) in [4.78, 5) is 62.3. The molecule has 0 aromatic heterocycles. The lowest BCUT2D eigenvalue weighted by molar-refractivity contribution is -0.158. The maximum Gasteiger partial charge on any atom is 0.340 e. The van der Waals surface area contributed by atoms with Crippen molar-refractivity contribution in [3.63, 3.8) is 0 Å². The molecule has 0 heterocycles. The van der Waals surface area contributed by atoms with E-state index in [9.17, 15) is 39.0 Å². The van der Waals surface area contributed by atoms with E-state index in [-0.39, 0.29) is 22.6 Å². The van der Waals surface area contributed by atoms with Gasteiger partial charge >= 0.3 is 35.8 Å². The molecular weight excluding hydrogens is 991 g/mol. The summed E-state index contributed by atoms with van der Waals surface area (Å²) < 4.78 is 0. The second-order valence-electron chi connectivity index (χ2n) is 14.7. The van der Waals surface area contributed by atoms with Crippen molar-refractivity contribution in [3.05, 3.63) is 201 Å². The van der Waals surface area contributed by atoms with Crippen LogP contribution in [0.5, 0.6) is 11.5 Å². The Hall–Kier alpha value is -7.92. The third-order valence-electron chi connectivity index (χ3n) is 9.23. The fourth-order valence-electron chi connectivity index (χ4n) is 4.95. The van der Waals surface area contributed by atoms with Crippen molar-refractivity contribution in [2.75, 3.05) is 0 Å². The van der Waals surface area contributed by atoms with Gasteiger partial charge in [-0.15, -0.1) is 0 Å². The van der Waals surface area contributed by atoms with Gasteiger partial charge in [-0.1, -0.05) is 132 Å². The van der Waals surface area contributed by atoms with E-state index in [0.29, 0.717) is 32.3 Å². The van der Waals surface area contributed by atoms with Gasteiger partial charge in [-0.25, -0.2) is 28.8 Å². The van der Waals surface area contributed by atoms with Crippen molar-refractivity contribution in [3.8, 4) is 11.5 Å². The minimum Gasteiger partial charge on any atom is -0.508 e. The lowest BCUT2D eigenvalue weighted by Gasteiger charge is -2.17. The minimum absolute atomic E-state index is 0.0383. The predicted octanol–water partition coefficient (Wildman–Crippen LogP) is 5.89. The molecule has 6 aromatic rings. The largest absolute Gasteiger partial charge is 0.508 e. The number of phenols is 2. The molecule has 0 spiro atoms. The van der Waals surface area contributed by atoms with Gasteiger partial charge < -0.3 is 71.5 Å². The number of hydrogen-bond acceptors (Lipinski definition) is 14. The Labute approximate surface area is 420 Å². The Morgan fingerprint density at radius 2 is 0.556 bits per heavy atom. The Balaban J connectivity index is 0.000000432. The number of aliphatic hydroxyl groups is 6. The first-order chi connectivity index (χ1) is 33.5. The van der Waals surface area contributed by atoms with E-state index in [0.717, 1.165) is 0 Å². The highest BCUT2D eigenvalue weighted by Crippen LogP contribution is 2.22. The van der Waals surface area contributed by atoms with Crippen molar-refractivity contribution >= 4 is 59.0 Å². The number of phenolic OH excluding ortho intramolecular Hbond substituents is 2. The standard InChI is InChI=1S/2C9H10O3.2C8H7ClO3.2C8H8O4/c2*1-9(12,8(10)11)7-5-3-2-4-6-7;4*9-6-3-1-5(2-4-6)7(10)8(11)12/h2*2-6,12H,1H3,(H,10,11);2*1-4,7,10H,(H,11,12);2*1-4,7,9-10H,(H,11,12). The summed E-state index contributed by atoms with van der Waals surface area (Å²) in [6.45, 7) is 2.51. The highest BCUT2D eigenvalue weighted by atomic mass is 35.5. The molecule has 14 N–H and O–H groups in total. The summed E-state index contributed by atoms with van der Waals surface area (Å²) in [6.07, 6.45) is -5.99. The summed E-state index contributed by atoms with van der Waals surface area (Å²) in [6, 6.07) is 39.3. The number of benzene rings is 6. The van der Waals surface area contributed by atoms with E-state index >= 15 is 0 Å². The lowest BCUT2D eigenvalue weighted by Crippen LogP contribution is -2.31. The quantitative estimate of drug-likeness (QED) is 0.0679. The van der Waals surface area contributed by atoms with Crippen molar-refractivity contribution in [1.29, 1.82) is 0 Å². The molecule has 0 radical (unpaired) electrons. The molecule has 72 heavy (non-hydrogen) atoms. The first kappa shape index (κ1) is 62.1. The van der Waals surface area contributed by atoms with Crippen molar-refractivity contribution in [1.82, 2.24) is 0 Å². The topological polar surface area (TPSA) is 386 Å². The molecule has 6 rings (SSSR count). The minimum atomic E-state index is -1.79. The third-order valence-corrected chi connectivity index (χ3v) is 9.73. The average Bonchev–Trinajstić information content (AvgIpc) is 3.35. The summed E-state index contributed by atoms with van der Waals surface area (Å²) in [7, 11) is 0. The Morgan fingerprint density at radius 1 is 0.361 bits per heavy atom. The lowest BCUT2D eigenvalue weighted by atomic mass is 9.97. The predicted molar refractivity (Wildman–Crippen MR) is 257 cm³/mol. The van der Waals surface area contributed by atoms with E-state index in [2.05, 4.69) is 0 Å². The molecule has 6 aromatic carbocycles. The second kappa shape index (κ2) is 30.0. The van der Waals surface area contributed by atoms with Crippen molar-refractivity contribution < 1.29 is 100 Å². The van der Waals surface area contributed by atoms with Crippen molar-refractivity contribution in [2.24, 2.45) is 0 Å². The average molecular weight is 1040 g/mol. The zero-order valence-corrected chi connectivity index (χ0v) is 39.3. The van der Waals surface area contributed by atoms with Crippen LogP contribution in [0.4, 0.5) is 0 Å². The summed E-state index contributed by atoms with van der Waals surface area (Å²) in [5.74, 6) is -7.55. The number of hydrogen-bond donors (Lipinski definition) is 14. The van der Waals surface area contributed by atoms with Gasteiger partial charge in [0, 0.05) is 10.0 Å². The third kappa shape index (κ3) is 21.4. The van der Waals surface area contributed by atoms with Gasteiger partial charge in [0.2, 0.25) is 0 Å². The number of carbonyl (C=O) groups is 6. The van der Waals surface area contributed by atoms with Crippen LogP contribution in [0.2, 0.25) is 10.0 Å². The summed E-state index contributed by atoms with van der Waals surface area (Å²) in [5, 5.41) is 125. The number of aromatic hydroxyl groups is 2. The van der Waals surface area contributed by atoms with Crippen molar-refractivity contribution in [2.45, 2.75) is 49.5 Å². The first-order valence-electron chi connectivity index (χ1n) is 20.3. The van der Waals surface area contributed by atoms with E-state index in [4.69, 9.17) is 84.5 Å². The molecule has 22 heteroatoms. The molecule has 0 amide bonds. The van der Waals surface area contributed by atoms with Crippen LogP contribution in [0, 0.1) is 0 Å². The van der Waals surface area contributed by atoms with E-state index in [1.54, 1.807) is 60.7 Å². The summed E-state index contributed by atoms with van der Waals surface area (Å²) >= 11 is 11.1. The monoisotopic (exact) mass is 1040 g/mol. The molecular formula is C50H50Cl2O20. The molecule has 0 aliphatic carbocycles. The normalized spacial score (nSPS) is 13.4. The van der Waals surface area contributed by atoms with Crippen LogP contribution in [0.15, 0.2) is 158 Å². The maximum absolute atomic E-state index is 10.6. The Kier molecular flexibility index (Phi) is 25.8. The molecule has 0 aliphatic rings. The van der Waals surface area contributed by atoms with Gasteiger partial charge in [0.1, 0.15) is 11.5 Å². The number of aliphatic hydroxyl groups excluding tert-OH is 4. The fraction of sp³-hybridized carbons (Fsp3) is 0.160. The number of carboxylic acid groups (broad SMARTS) is 6. The fourth-order valence-corrected chi connectivity index (χ4v) is 5.20. The molecule has 6 atom stereocenters. The van der Waals surface area contributed by atoms with Crippen LogP contribution < -0.4 is 0 Å². The van der Waals surface area contributed by atoms with E-state index < -0.39 is 71.4 Å². The highest BCUT2D eigenvalue weighted by Gasteiger charge is 2.32. The van der Waals surface area contributed by atoms with Crippen LogP contribution in [-0.4, -0.2) is 107 Å². The van der Waals surface area contributed by atoms with Crippen LogP contribution in [-0.2, 0) is 40.0 Å². The molecule has 20 nitrogen and oxygen atoms in total. The smallest absolute Gasteiger partial charge is 0.340 e. The zero-order valence-electron chi connectivity index (χ0n) is 37.8. The molecule has 0 bridgehead atoms. The SMILES string of the molecule is CC(O)(C(=O)O)c1ccccc1.CC(O)(C(=O)O)c1ccccc1.O=C(O)C(O)c1ccc(Cl)cc1.O=C(O)C(O)c1ccc(Cl)cc1.O=C(O)C(O)c1ccc(O)cc1.O=C(O)C(O)c1ccc(O)cc1. The first-order valence-corrected chi connectivity index (χ1v) is 21.0. The van der Waals surface area contributed by atoms with Gasteiger partial charge in [0.05, 0.1) is 0 Å². The Morgan fingerprint density at radius 3 is 0.736 bits per heavy atom. The van der Waals surface area contributed by atoms with E-state index in [1.165, 1.54) is 111 Å². The molecule has 0 aliphatic heterocycles. The number of aliphatic carboxylic acids is 6. The maximum atomic E-state index is 10.6. The summed E-state index contributed by atoms with van der Waals surface area (Å²) in [5.41, 5.74) is -1.66. The molecule has 384 valence electrons. The second-order valence-corrected chi connectivity index (χ2v) is 15.6. The Bertz CT molecular complexity index is 2320. The molecule has 6 unspecified atom stereocenters. The van der Waals surface area contributed by atoms with Crippen LogP contribution in [0.3, 0.4) is 0 Å². The van der Waals surface area contributed by atoms with Gasteiger partial charge in [-0.3, -0.25) is 0 Å². The zero-order chi connectivity index (χ0) is 54.9. The van der Waals surface area contributed by atoms with Gasteiger partial charge in [0.25, 0.3) is 0 Å². The molecule has 0 fully saturated rings. The number of carboxylic acids is 6. The highest BCUT2D eigenvalue weighted by molar-refractivity contribution is 6.30.